The number of nitrogens with zero attached hydrogens (tertiary/aromatic N) is 1. The Balaban J connectivity index is -0.000000174. The highest BCUT2D eigenvalue weighted by atomic mass is 32.2. The molecule has 16 heteroatoms. The van der Waals surface area contributed by atoms with E-state index >= 15 is 0 Å². The Bertz CT molecular complexity index is 923. The van der Waals surface area contributed by atoms with Gasteiger partial charge in [-0.25, -0.2) is 30.0 Å². The van der Waals surface area contributed by atoms with Crippen LogP contribution in [0.25, 0.3) is 0 Å². The molecule has 1 unspecified atom stereocenters. The zero-order chi connectivity index (χ0) is 29.1. The first-order chi connectivity index (χ1) is 15.5. The second-order valence-electron chi connectivity index (χ2n) is 7.71. The van der Waals surface area contributed by atoms with Crippen LogP contribution in [0, 0.1) is 0 Å². The highest BCUT2D eigenvalue weighted by Gasteiger charge is 2.24. The van der Waals surface area contributed by atoms with Gasteiger partial charge in [0.15, 0.2) is 7.37 Å². The minimum atomic E-state index is -2.67. The van der Waals surface area contributed by atoms with Gasteiger partial charge in [0.05, 0.1) is 0 Å². The number of sulfone groups is 3. The third-order valence-electron chi connectivity index (χ3n) is 3.51. The van der Waals surface area contributed by atoms with Gasteiger partial charge in [-0.1, -0.05) is 27.7 Å². The van der Waals surface area contributed by atoms with Crippen molar-refractivity contribution in [2.45, 2.75) is 47.5 Å². The molecule has 0 bridgehead atoms. The fourth-order valence-corrected chi connectivity index (χ4v) is 2.96. The first kappa shape index (κ1) is 41.1. The molecule has 1 saturated heterocycles. The molecule has 1 heterocycles. The van der Waals surface area contributed by atoms with E-state index in [1.165, 1.54) is 30.3 Å². The highest BCUT2D eigenvalue weighted by Crippen LogP contribution is 2.33. The normalized spacial score (nSPS) is 14.9. The smallest absolute Gasteiger partial charge is 0.324 e. The molecule has 0 aromatic heterocycles. The zero-order valence-corrected chi connectivity index (χ0v) is 25.7. The van der Waals surface area contributed by atoms with Crippen molar-refractivity contribution >= 4 is 48.8 Å². The summed E-state index contributed by atoms with van der Waals surface area (Å²) >= 11 is 0. The molecule has 3 amide bonds. The molecule has 0 saturated carbocycles. The summed E-state index contributed by atoms with van der Waals surface area (Å²) in [6, 6.07) is -0.275. The van der Waals surface area contributed by atoms with Crippen LogP contribution in [0.3, 0.4) is 0 Å². The van der Waals surface area contributed by atoms with E-state index in [1.54, 1.807) is 13.8 Å². The number of hydrogen-bond donors (Lipinski definition) is 2. The van der Waals surface area contributed by atoms with Crippen molar-refractivity contribution in [1.29, 1.82) is 0 Å². The van der Waals surface area contributed by atoms with Crippen LogP contribution in [0.5, 0.6) is 0 Å². The fraction of sp³-hybridized carbons (Fsp3) is 0.895. The molecule has 0 radical (unpaired) electrons. The van der Waals surface area contributed by atoms with Gasteiger partial charge in [0, 0.05) is 55.4 Å². The zero-order valence-electron chi connectivity index (χ0n) is 22.4. The first-order valence-corrected chi connectivity index (χ1v) is 19.4. The van der Waals surface area contributed by atoms with Gasteiger partial charge >= 0.3 is 6.03 Å². The lowest BCUT2D eigenvalue weighted by Gasteiger charge is -2.06. The van der Waals surface area contributed by atoms with Gasteiger partial charge in [0.25, 0.3) is 0 Å². The molecule has 214 valence electrons. The lowest BCUT2D eigenvalue weighted by Crippen LogP contribution is -2.27. The van der Waals surface area contributed by atoms with Crippen LogP contribution in [0.15, 0.2) is 0 Å². The summed E-state index contributed by atoms with van der Waals surface area (Å²) in [5.74, 6) is 0.661. The maximum atomic E-state index is 10.6. The third kappa shape index (κ3) is 43.5. The Morgan fingerprint density at radius 1 is 0.829 bits per heavy atom. The van der Waals surface area contributed by atoms with Crippen LogP contribution in [0.2, 0.25) is 0 Å². The average molecular weight is 589 g/mol. The summed E-state index contributed by atoms with van der Waals surface area (Å²) in [6.07, 6.45) is 5.53. The summed E-state index contributed by atoms with van der Waals surface area (Å²) in [4.78, 5) is 30.9. The molecule has 35 heavy (non-hydrogen) atoms. The van der Waals surface area contributed by atoms with Crippen molar-refractivity contribution in [3.05, 3.63) is 0 Å². The number of likely N-dealkylation sites (N-methyl/N-ethyl adjacent to an activating group) is 1. The van der Waals surface area contributed by atoms with Crippen molar-refractivity contribution in [3.8, 4) is 0 Å². The summed E-state index contributed by atoms with van der Waals surface area (Å²) in [6.45, 7) is 11.0. The highest BCUT2D eigenvalue weighted by molar-refractivity contribution is 7.91. The third-order valence-corrected chi connectivity index (χ3v) is 8.03. The van der Waals surface area contributed by atoms with Gasteiger partial charge in [0.1, 0.15) is 36.1 Å². The molecule has 1 atom stereocenters. The quantitative estimate of drug-likeness (QED) is 0.325. The van der Waals surface area contributed by atoms with Crippen LogP contribution in [-0.4, -0.2) is 109 Å². The van der Waals surface area contributed by atoms with Gasteiger partial charge in [-0.05, 0) is 19.8 Å². The SMILES string of the molecule is CCCS(C)(=O)=O.CCCS(C)(=O)=O.CCN1CC(=O)NC1=O.CCP(C)(=O)O.CCS(C)(=O)=O. The summed E-state index contributed by atoms with van der Waals surface area (Å²) < 4.78 is 71.1. The number of hydrogen-bond acceptors (Lipinski definition) is 9. The van der Waals surface area contributed by atoms with Crippen molar-refractivity contribution in [2.24, 2.45) is 0 Å². The van der Waals surface area contributed by atoms with Gasteiger partial charge < -0.3 is 9.79 Å². The van der Waals surface area contributed by atoms with Crippen molar-refractivity contribution < 1.29 is 44.3 Å². The maximum Gasteiger partial charge on any atom is 0.324 e. The number of rotatable bonds is 7. The van der Waals surface area contributed by atoms with Crippen LogP contribution in [0.4, 0.5) is 4.79 Å². The first-order valence-electron chi connectivity index (χ1n) is 10.9. The van der Waals surface area contributed by atoms with Crippen LogP contribution >= 0.6 is 7.37 Å². The van der Waals surface area contributed by atoms with Crippen molar-refractivity contribution in [2.75, 3.05) is 61.9 Å². The van der Waals surface area contributed by atoms with Gasteiger partial charge in [-0.2, -0.15) is 0 Å². The average Bonchev–Trinajstić information content (AvgIpc) is 2.98. The lowest BCUT2D eigenvalue weighted by atomic mass is 10.6. The molecule has 1 aliphatic heterocycles. The predicted molar refractivity (Wildman–Crippen MR) is 142 cm³/mol. The summed E-state index contributed by atoms with van der Waals surface area (Å²) in [7, 11) is -10.7. The van der Waals surface area contributed by atoms with E-state index in [1.807, 2.05) is 20.8 Å². The predicted octanol–water partition coefficient (Wildman–Crippen LogP) is 1.40. The van der Waals surface area contributed by atoms with E-state index in [0.717, 1.165) is 12.8 Å². The largest absolute Gasteiger partial charge is 0.344 e. The standard InChI is InChI=1S/C5H8N2O2.2C4H10O2S.C3H9O2P.C3H8O2S/c1-2-7-3-4(8)6-5(7)9;2*1-3-4-7(2,5)6;2*1-3-6(2,4)5/h2-3H2,1H3,(H,6,8,9);2*3-4H2,1-2H3;3H2,1-2H3,(H,4,5);3H2,1-2H3. The Kier molecular flexibility index (Phi) is 23.6. The second-order valence-corrected chi connectivity index (χ2v) is 17.4. The fourth-order valence-electron chi connectivity index (χ4n) is 1.48. The lowest BCUT2D eigenvalue weighted by molar-refractivity contribution is -0.118. The van der Waals surface area contributed by atoms with E-state index in [4.69, 9.17) is 4.89 Å². The van der Waals surface area contributed by atoms with Gasteiger partial charge in [-0.15, -0.1) is 0 Å². The number of imide groups is 1. The monoisotopic (exact) mass is 588 g/mol. The van der Waals surface area contributed by atoms with E-state index in [9.17, 15) is 39.4 Å². The number of amides is 3. The molecule has 12 nitrogen and oxygen atoms in total. The number of nitrogens with one attached hydrogen (secondary N) is 1. The minimum absolute atomic E-state index is 0.207. The minimum Gasteiger partial charge on any atom is -0.344 e. The molecule has 0 aromatic rings. The Morgan fingerprint density at radius 2 is 1.14 bits per heavy atom. The molecular weight excluding hydrogens is 543 g/mol. The molecule has 2 N–H and O–H groups in total. The number of urea groups is 1. The molecule has 0 aromatic carbocycles. The molecule has 1 aliphatic rings. The van der Waals surface area contributed by atoms with Crippen LogP contribution < -0.4 is 5.32 Å². The molecule has 0 spiro atoms. The van der Waals surface area contributed by atoms with Gasteiger partial charge in [-0.3, -0.25) is 14.7 Å². The second kappa shape index (κ2) is 20.1. The van der Waals surface area contributed by atoms with Crippen LogP contribution in [0.1, 0.15) is 47.5 Å². The number of carbonyl (C=O) groups is 2. The summed E-state index contributed by atoms with van der Waals surface area (Å²) in [5, 5.41) is 2.17. The van der Waals surface area contributed by atoms with Crippen LogP contribution in [-0.2, 0) is 38.9 Å². The Labute approximate surface area is 212 Å². The van der Waals surface area contributed by atoms with Crippen molar-refractivity contribution in [3.63, 3.8) is 0 Å². The van der Waals surface area contributed by atoms with E-state index in [-0.39, 0.29) is 24.2 Å². The molecular formula is C19H45N2O10PS3. The molecule has 1 fully saturated rings. The van der Waals surface area contributed by atoms with E-state index in [0.29, 0.717) is 24.2 Å². The summed E-state index contributed by atoms with van der Waals surface area (Å²) in [5.41, 5.74) is 0. The van der Waals surface area contributed by atoms with E-state index in [2.05, 4.69) is 5.32 Å². The van der Waals surface area contributed by atoms with E-state index < -0.39 is 36.9 Å². The molecule has 1 rings (SSSR count). The number of carbonyl (C=O) groups excluding carboxylic acids is 2. The van der Waals surface area contributed by atoms with Crippen molar-refractivity contribution in [1.82, 2.24) is 10.2 Å². The Hall–Kier alpha value is -1.02. The maximum absolute atomic E-state index is 10.6. The van der Waals surface area contributed by atoms with Gasteiger partial charge in [0.2, 0.25) is 5.91 Å². The topological polar surface area (TPSA) is 189 Å². The Morgan fingerprint density at radius 3 is 1.20 bits per heavy atom. The molecule has 0 aliphatic carbocycles.